The van der Waals surface area contributed by atoms with Gasteiger partial charge in [-0.2, -0.15) is 0 Å². The Kier molecular flexibility index (Phi) is 5.66. The largest absolute Gasteiger partial charge is 0.486 e. The SMILES string of the molecule is CC[C@@H](Oc1cccc(Cl)c1)C(=O)NC[C@H]1COc2ccccc2O1. The third-order valence-corrected chi connectivity index (χ3v) is 4.04. The fourth-order valence-electron chi connectivity index (χ4n) is 2.52. The van der Waals surface area contributed by atoms with Gasteiger partial charge in [-0.15, -0.1) is 0 Å². The maximum absolute atomic E-state index is 12.4. The highest BCUT2D eigenvalue weighted by Crippen LogP contribution is 2.30. The molecule has 1 aliphatic rings. The third-order valence-electron chi connectivity index (χ3n) is 3.81. The topological polar surface area (TPSA) is 56.8 Å². The molecule has 0 bridgehead atoms. The maximum Gasteiger partial charge on any atom is 0.261 e. The molecule has 0 saturated carbocycles. The Hall–Kier alpha value is -2.40. The second-order valence-corrected chi connectivity index (χ2v) is 6.15. The highest BCUT2D eigenvalue weighted by atomic mass is 35.5. The van der Waals surface area contributed by atoms with Crippen LogP contribution >= 0.6 is 11.6 Å². The molecule has 1 amide bonds. The first-order valence-electron chi connectivity index (χ1n) is 8.24. The van der Waals surface area contributed by atoms with Gasteiger partial charge in [-0.1, -0.05) is 36.7 Å². The summed E-state index contributed by atoms with van der Waals surface area (Å²) in [6.07, 6.45) is -0.277. The number of halogens is 1. The molecule has 0 saturated heterocycles. The van der Waals surface area contributed by atoms with Gasteiger partial charge in [-0.05, 0) is 36.8 Å². The number of carbonyl (C=O) groups is 1. The molecule has 0 spiro atoms. The summed E-state index contributed by atoms with van der Waals surface area (Å²) in [7, 11) is 0. The van der Waals surface area contributed by atoms with Crippen molar-refractivity contribution in [1.29, 1.82) is 0 Å². The molecule has 25 heavy (non-hydrogen) atoms. The first-order valence-corrected chi connectivity index (χ1v) is 8.62. The number of hydrogen-bond donors (Lipinski definition) is 1. The van der Waals surface area contributed by atoms with Crippen molar-refractivity contribution in [3.63, 3.8) is 0 Å². The van der Waals surface area contributed by atoms with Gasteiger partial charge in [0.25, 0.3) is 5.91 Å². The summed E-state index contributed by atoms with van der Waals surface area (Å²) in [5, 5.41) is 3.44. The van der Waals surface area contributed by atoms with Gasteiger partial charge >= 0.3 is 0 Å². The molecular formula is C19H20ClNO4. The molecule has 1 N–H and O–H groups in total. The van der Waals surface area contributed by atoms with Crippen LogP contribution in [0.4, 0.5) is 0 Å². The summed E-state index contributed by atoms with van der Waals surface area (Å²) >= 11 is 5.94. The highest BCUT2D eigenvalue weighted by Gasteiger charge is 2.24. The van der Waals surface area contributed by atoms with Crippen LogP contribution < -0.4 is 19.5 Å². The average Bonchev–Trinajstić information content (AvgIpc) is 2.64. The summed E-state index contributed by atoms with van der Waals surface area (Å²) in [5.74, 6) is 1.79. The van der Waals surface area contributed by atoms with Crippen LogP contribution in [0.5, 0.6) is 17.2 Å². The molecule has 2 aromatic carbocycles. The Morgan fingerprint density at radius 2 is 2.08 bits per heavy atom. The van der Waals surface area contributed by atoms with Crippen molar-refractivity contribution in [3.05, 3.63) is 53.6 Å². The second kappa shape index (κ2) is 8.12. The number of rotatable bonds is 6. The molecule has 0 fully saturated rings. The van der Waals surface area contributed by atoms with Crippen molar-refractivity contribution < 1.29 is 19.0 Å². The fraction of sp³-hybridized carbons (Fsp3) is 0.316. The molecule has 132 valence electrons. The van der Waals surface area contributed by atoms with Gasteiger partial charge in [0.05, 0.1) is 6.54 Å². The lowest BCUT2D eigenvalue weighted by molar-refractivity contribution is -0.128. The lowest BCUT2D eigenvalue weighted by Crippen LogP contribution is -2.45. The Labute approximate surface area is 151 Å². The van der Waals surface area contributed by atoms with Crippen molar-refractivity contribution in [1.82, 2.24) is 5.32 Å². The average molecular weight is 362 g/mol. The molecule has 5 nitrogen and oxygen atoms in total. The lowest BCUT2D eigenvalue weighted by atomic mass is 10.2. The summed E-state index contributed by atoms with van der Waals surface area (Å²) in [4.78, 5) is 12.4. The van der Waals surface area contributed by atoms with Gasteiger partial charge in [0.2, 0.25) is 0 Å². The van der Waals surface area contributed by atoms with E-state index in [9.17, 15) is 4.79 Å². The van der Waals surface area contributed by atoms with Crippen molar-refractivity contribution in [2.24, 2.45) is 0 Å². The van der Waals surface area contributed by atoms with Crippen LogP contribution in [0.15, 0.2) is 48.5 Å². The molecule has 1 heterocycles. The highest BCUT2D eigenvalue weighted by molar-refractivity contribution is 6.30. The molecule has 0 radical (unpaired) electrons. The van der Waals surface area contributed by atoms with Gasteiger partial charge in [0.1, 0.15) is 18.5 Å². The zero-order valence-corrected chi connectivity index (χ0v) is 14.7. The minimum absolute atomic E-state index is 0.190. The van der Waals surface area contributed by atoms with Crippen molar-refractivity contribution in [2.75, 3.05) is 13.2 Å². The fourth-order valence-corrected chi connectivity index (χ4v) is 2.70. The van der Waals surface area contributed by atoms with Crippen molar-refractivity contribution in [3.8, 4) is 17.2 Å². The first kappa shape index (κ1) is 17.4. The number of hydrogen-bond acceptors (Lipinski definition) is 4. The minimum Gasteiger partial charge on any atom is -0.486 e. The van der Waals surface area contributed by atoms with Crippen LogP contribution in [0, 0.1) is 0 Å². The lowest BCUT2D eigenvalue weighted by Gasteiger charge is -2.27. The third kappa shape index (κ3) is 4.57. The molecular weight excluding hydrogens is 342 g/mol. The number of carbonyl (C=O) groups excluding carboxylic acids is 1. The van der Waals surface area contributed by atoms with E-state index < -0.39 is 6.10 Å². The van der Waals surface area contributed by atoms with Gasteiger partial charge in [0.15, 0.2) is 17.6 Å². The summed E-state index contributed by atoms with van der Waals surface area (Å²) in [5.41, 5.74) is 0. The number of ether oxygens (including phenoxy) is 3. The van der Waals surface area contributed by atoms with E-state index in [0.29, 0.717) is 36.1 Å². The minimum atomic E-state index is -0.588. The number of amides is 1. The van der Waals surface area contributed by atoms with E-state index in [1.165, 1.54) is 0 Å². The quantitative estimate of drug-likeness (QED) is 0.856. The van der Waals surface area contributed by atoms with E-state index in [4.69, 9.17) is 25.8 Å². The second-order valence-electron chi connectivity index (χ2n) is 5.71. The Morgan fingerprint density at radius 1 is 1.28 bits per heavy atom. The number of para-hydroxylation sites is 2. The van der Waals surface area contributed by atoms with Crippen LogP contribution in [-0.2, 0) is 4.79 Å². The molecule has 1 aliphatic heterocycles. The van der Waals surface area contributed by atoms with Crippen LogP contribution in [0.25, 0.3) is 0 Å². The molecule has 0 unspecified atom stereocenters. The van der Waals surface area contributed by atoms with Gasteiger partial charge < -0.3 is 19.5 Å². The smallest absolute Gasteiger partial charge is 0.261 e. The van der Waals surface area contributed by atoms with Crippen LogP contribution in [0.1, 0.15) is 13.3 Å². The molecule has 6 heteroatoms. The molecule has 3 rings (SSSR count). The van der Waals surface area contributed by atoms with Crippen LogP contribution in [0.2, 0.25) is 5.02 Å². The van der Waals surface area contributed by atoms with E-state index in [1.807, 2.05) is 31.2 Å². The monoisotopic (exact) mass is 361 g/mol. The van der Waals surface area contributed by atoms with E-state index in [2.05, 4.69) is 5.32 Å². The zero-order valence-electron chi connectivity index (χ0n) is 13.9. The summed E-state index contributed by atoms with van der Waals surface area (Å²) in [6.45, 7) is 2.64. The number of benzene rings is 2. The standard InChI is InChI=1S/C19H20ClNO4/c1-2-16(24-14-7-5-6-13(20)10-14)19(22)21-11-15-12-23-17-8-3-4-9-18(17)25-15/h3-10,15-16H,2,11-12H2,1H3,(H,21,22)/t15-,16+/m0/s1. The van der Waals surface area contributed by atoms with Gasteiger partial charge in [0, 0.05) is 5.02 Å². The van der Waals surface area contributed by atoms with E-state index in [0.717, 1.165) is 5.75 Å². The van der Waals surface area contributed by atoms with E-state index in [-0.39, 0.29) is 12.0 Å². The van der Waals surface area contributed by atoms with Crippen molar-refractivity contribution >= 4 is 17.5 Å². The van der Waals surface area contributed by atoms with Crippen LogP contribution in [-0.4, -0.2) is 31.3 Å². The Bertz CT molecular complexity index is 737. The summed E-state index contributed by atoms with van der Waals surface area (Å²) < 4.78 is 17.2. The van der Waals surface area contributed by atoms with Gasteiger partial charge in [-0.3, -0.25) is 4.79 Å². The number of nitrogens with one attached hydrogen (secondary N) is 1. The molecule has 0 aromatic heterocycles. The molecule has 2 aromatic rings. The summed E-state index contributed by atoms with van der Waals surface area (Å²) in [6, 6.07) is 14.5. The molecule has 2 atom stereocenters. The predicted octanol–water partition coefficient (Wildman–Crippen LogP) is 3.45. The Balaban J connectivity index is 1.53. The van der Waals surface area contributed by atoms with Gasteiger partial charge in [-0.25, -0.2) is 0 Å². The predicted molar refractivity (Wildman–Crippen MR) is 95.5 cm³/mol. The van der Waals surface area contributed by atoms with E-state index in [1.54, 1.807) is 24.3 Å². The van der Waals surface area contributed by atoms with E-state index >= 15 is 0 Å². The number of fused-ring (bicyclic) bond motifs is 1. The zero-order chi connectivity index (χ0) is 17.6. The first-order chi connectivity index (χ1) is 12.2. The maximum atomic E-state index is 12.4. The Morgan fingerprint density at radius 3 is 2.84 bits per heavy atom. The van der Waals surface area contributed by atoms with Crippen molar-refractivity contribution in [2.45, 2.75) is 25.6 Å². The van der Waals surface area contributed by atoms with Crippen LogP contribution in [0.3, 0.4) is 0 Å². The molecule has 0 aliphatic carbocycles. The normalized spacial score (nSPS) is 16.8.